The van der Waals surface area contributed by atoms with Crippen molar-refractivity contribution in [2.24, 2.45) is 5.92 Å². The summed E-state index contributed by atoms with van der Waals surface area (Å²) in [7, 11) is 0. The van der Waals surface area contributed by atoms with E-state index in [2.05, 4.69) is 15.9 Å². The van der Waals surface area contributed by atoms with Gasteiger partial charge in [0.1, 0.15) is 5.92 Å². The number of para-hydroxylation sites is 1. The van der Waals surface area contributed by atoms with Crippen LogP contribution in [0.4, 0.5) is 5.69 Å². The predicted molar refractivity (Wildman–Crippen MR) is 116 cm³/mol. The molecule has 0 aliphatic carbocycles. The standard InChI is InChI=1S/C24H19BrN2O3/c25-18-13-11-17(12-14-18)21-20-22(30-27(21)19-9-5-2-6-10-19)24(29)26(23(20)28)15-16-7-3-1-4-8-16/h1-14,20-22H,15H2/t20-,21+,22-/m0/s1. The van der Waals surface area contributed by atoms with Gasteiger partial charge < -0.3 is 0 Å². The lowest BCUT2D eigenvalue weighted by Gasteiger charge is -2.28. The van der Waals surface area contributed by atoms with Crippen LogP contribution in [0.25, 0.3) is 0 Å². The molecule has 2 saturated heterocycles. The molecule has 2 heterocycles. The molecule has 0 spiro atoms. The topological polar surface area (TPSA) is 49.9 Å². The Balaban J connectivity index is 1.52. The highest BCUT2D eigenvalue weighted by atomic mass is 79.9. The fourth-order valence-electron chi connectivity index (χ4n) is 4.19. The number of carbonyl (C=O) groups excluding carboxylic acids is 2. The van der Waals surface area contributed by atoms with Gasteiger partial charge in [0.2, 0.25) is 5.91 Å². The lowest BCUT2D eigenvalue weighted by atomic mass is 9.90. The van der Waals surface area contributed by atoms with Crippen molar-refractivity contribution in [3.8, 4) is 0 Å². The van der Waals surface area contributed by atoms with Crippen LogP contribution in [0.5, 0.6) is 0 Å². The zero-order valence-electron chi connectivity index (χ0n) is 16.0. The van der Waals surface area contributed by atoms with Gasteiger partial charge in [-0.05, 0) is 35.4 Å². The van der Waals surface area contributed by atoms with Gasteiger partial charge in [-0.2, -0.15) is 0 Å². The van der Waals surface area contributed by atoms with E-state index < -0.39 is 12.0 Å². The van der Waals surface area contributed by atoms with Gasteiger partial charge in [0.05, 0.1) is 18.3 Å². The number of hydrogen-bond donors (Lipinski definition) is 0. The number of anilines is 1. The van der Waals surface area contributed by atoms with E-state index in [1.54, 1.807) is 5.06 Å². The van der Waals surface area contributed by atoms with E-state index in [0.717, 1.165) is 21.3 Å². The zero-order chi connectivity index (χ0) is 20.7. The quantitative estimate of drug-likeness (QED) is 0.535. The number of rotatable bonds is 4. The summed E-state index contributed by atoms with van der Waals surface area (Å²) < 4.78 is 0.951. The summed E-state index contributed by atoms with van der Waals surface area (Å²) in [6.07, 6.45) is -0.824. The summed E-state index contributed by atoms with van der Waals surface area (Å²) in [5.41, 5.74) is 2.66. The molecule has 5 nitrogen and oxygen atoms in total. The number of likely N-dealkylation sites (tertiary alicyclic amines) is 1. The molecule has 0 saturated carbocycles. The van der Waals surface area contributed by atoms with Crippen molar-refractivity contribution in [2.45, 2.75) is 18.7 Å². The number of hydroxylamine groups is 1. The molecule has 2 aliphatic rings. The van der Waals surface area contributed by atoms with Crippen LogP contribution < -0.4 is 5.06 Å². The third kappa shape index (κ3) is 3.22. The first-order chi connectivity index (χ1) is 14.6. The largest absolute Gasteiger partial charge is 0.275 e. The number of halogens is 1. The van der Waals surface area contributed by atoms with E-state index >= 15 is 0 Å². The maximum atomic E-state index is 13.4. The molecule has 2 amide bonds. The van der Waals surface area contributed by atoms with Crippen LogP contribution in [0, 0.1) is 5.92 Å². The van der Waals surface area contributed by atoms with Gasteiger partial charge in [-0.3, -0.25) is 19.3 Å². The first kappa shape index (κ1) is 19.0. The third-order valence-corrected chi connectivity index (χ3v) is 6.14. The van der Waals surface area contributed by atoms with Gasteiger partial charge in [0.15, 0.2) is 6.10 Å². The number of fused-ring (bicyclic) bond motifs is 1. The molecule has 3 aromatic rings. The van der Waals surface area contributed by atoms with Crippen molar-refractivity contribution in [2.75, 3.05) is 5.06 Å². The molecule has 2 fully saturated rings. The minimum Gasteiger partial charge on any atom is -0.275 e. The van der Waals surface area contributed by atoms with Crippen LogP contribution in [0.3, 0.4) is 0 Å². The Bertz CT molecular complexity index is 1070. The van der Waals surface area contributed by atoms with E-state index in [0.29, 0.717) is 0 Å². The first-order valence-corrected chi connectivity index (χ1v) is 10.6. The minimum absolute atomic E-state index is 0.194. The van der Waals surface area contributed by atoms with Crippen LogP contribution in [-0.4, -0.2) is 22.8 Å². The van der Waals surface area contributed by atoms with Gasteiger partial charge in [-0.1, -0.05) is 76.6 Å². The molecule has 0 bridgehead atoms. The zero-order valence-corrected chi connectivity index (χ0v) is 17.6. The Kier molecular flexibility index (Phi) is 4.89. The second kappa shape index (κ2) is 7.70. The Morgan fingerprint density at radius 2 is 1.43 bits per heavy atom. The van der Waals surface area contributed by atoms with Crippen LogP contribution in [0.1, 0.15) is 17.2 Å². The second-order valence-electron chi connectivity index (χ2n) is 7.46. The monoisotopic (exact) mass is 462 g/mol. The molecule has 0 N–H and O–H groups in total. The van der Waals surface area contributed by atoms with Gasteiger partial charge in [-0.25, -0.2) is 5.06 Å². The molecular formula is C24H19BrN2O3. The minimum atomic E-state index is -0.824. The summed E-state index contributed by atoms with van der Waals surface area (Å²) in [4.78, 5) is 34.0. The van der Waals surface area contributed by atoms with E-state index in [9.17, 15) is 9.59 Å². The number of carbonyl (C=O) groups is 2. The SMILES string of the molecule is O=C1[C@@H]2[C@H](ON(c3ccccc3)[C@@H]2c2ccc(Br)cc2)C(=O)N1Cc1ccccc1. The first-order valence-electron chi connectivity index (χ1n) is 9.79. The van der Waals surface area contributed by atoms with E-state index in [1.807, 2.05) is 84.9 Å². The Hall–Kier alpha value is -2.96. The number of nitrogens with zero attached hydrogens (tertiary/aromatic N) is 2. The normalized spacial score (nSPS) is 23.2. The Labute approximate surface area is 183 Å². The fraction of sp³-hybridized carbons (Fsp3) is 0.167. The molecule has 30 heavy (non-hydrogen) atoms. The fourth-order valence-corrected chi connectivity index (χ4v) is 4.46. The number of amides is 2. The van der Waals surface area contributed by atoms with Crippen molar-refractivity contribution in [3.05, 3.63) is 101 Å². The van der Waals surface area contributed by atoms with Gasteiger partial charge in [-0.15, -0.1) is 0 Å². The molecule has 3 atom stereocenters. The highest BCUT2D eigenvalue weighted by molar-refractivity contribution is 9.10. The summed E-state index contributed by atoms with van der Waals surface area (Å²) in [6.45, 7) is 0.257. The number of benzene rings is 3. The predicted octanol–water partition coefficient (Wildman–Crippen LogP) is 4.50. The third-order valence-electron chi connectivity index (χ3n) is 5.61. The van der Waals surface area contributed by atoms with Crippen molar-refractivity contribution < 1.29 is 14.4 Å². The molecule has 0 unspecified atom stereocenters. The molecule has 150 valence electrons. The summed E-state index contributed by atoms with van der Waals surface area (Å²) >= 11 is 3.46. The maximum Gasteiger partial charge on any atom is 0.262 e. The lowest BCUT2D eigenvalue weighted by molar-refractivity contribution is -0.143. The Morgan fingerprint density at radius 3 is 2.10 bits per heavy atom. The van der Waals surface area contributed by atoms with Crippen molar-refractivity contribution in [1.29, 1.82) is 0 Å². The van der Waals surface area contributed by atoms with Gasteiger partial charge >= 0.3 is 0 Å². The highest BCUT2D eigenvalue weighted by Crippen LogP contribution is 2.47. The maximum absolute atomic E-state index is 13.4. The average molecular weight is 463 g/mol. The summed E-state index contributed by atoms with van der Waals surface area (Å²) in [5.74, 6) is -1.07. The van der Waals surface area contributed by atoms with Gasteiger partial charge in [0, 0.05) is 4.47 Å². The molecule has 3 aromatic carbocycles. The summed E-state index contributed by atoms with van der Waals surface area (Å²) in [5, 5.41) is 1.72. The highest BCUT2D eigenvalue weighted by Gasteiger charge is 2.59. The Morgan fingerprint density at radius 1 is 0.800 bits per heavy atom. The van der Waals surface area contributed by atoms with Crippen LogP contribution in [-0.2, 0) is 21.0 Å². The lowest BCUT2D eigenvalue weighted by Crippen LogP contribution is -2.36. The van der Waals surface area contributed by atoms with Crippen molar-refractivity contribution >= 4 is 33.4 Å². The molecule has 5 rings (SSSR count). The van der Waals surface area contributed by atoms with Crippen molar-refractivity contribution in [3.63, 3.8) is 0 Å². The second-order valence-corrected chi connectivity index (χ2v) is 8.37. The number of imide groups is 1. The molecule has 6 heteroatoms. The average Bonchev–Trinajstić information content (AvgIpc) is 3.28. The summed E-state index contributed by atoms with van der Waals surface area (Å²) in [6, 6.07) is 26.6. The van der Waals surface area contributed by atoms with Gasteiger partial charge in [0.25, 0.3) is 5.91 Å². The van der Waals surface area contributed by atoms with Crippen LogP contribution in [0.15, 0.2) is 89.4 Å². The number of hydrogen-bond acceptors (Lipinski definition) is 4. The molecule has 2 aliphatic heterocycles. The molecule has 0 aromatic heterocycles. The molecule has 0 radical (unpaired) electrons. The van der Waals surface area contributed by atoms with E-state index in [1.165, 1.54) is 4.90 Å². The van der Waals surface area contributed by atoms with Crippen molar-refractivity contribution in [1.82, 2.24) is 4.90 Å². The van der Waals surface area contributed by atoms with Crippen LogP contribution >= 0.6 is 15.9 Å². The van der Waals surface area contributed by atoms with E-state index in [4.69, 9.17) is 4.84 Å². The smallest absolute Gasteiger partial charge is 0.262 e. The molecular weight excluding hydrogens is 444 g/mol. The van der Waals surface area contributed by atoms with E-state index in [-0.39, 0.29) is 24.4 Å². The van der Waals surface area contributed by atoms with Crippen LogP contribution in [0.2, 0.25) is 0 Å².